The first-order chi connectivity index (χ1) is 33.4. The molecule has 0 spiro atoms. The number of methoxy groups -OCH3 is 1. The number of anilines is 4. The summed E-state index contributed by atoms with van der Waals surface area (Å²) in [5.74, 6) is -0.609. The van der Waals surface area contributed by atoms with Gasteiger partial charge in [0.05, 0.1) is 19.7 Å². The Morgan fingerprint density at radius 1 is 0.391 bits per heavy atom. The lowest BCUT2D eigenvalue weighted by atomic mass is 10.2. The standard InChI is InChI=1S/C52H56N8O9/c1-5-28-53-33-45(61)55(30-7-3)35-49(65)59(43-24-16-10-17-25-43)39-51(67)58(42-22-14-9-15-23-42)38-48(64)54(29-6-2)34-46(62)56(31-32-69-4)36-50(66)60(44-26-18-11-19-27-44)40-52(68)57(37-47(53)63)41-20-12-8-13-21-41/h1-2,8-27H,7,28-40H2,3-4H3. The van der Waals surface area contributed by atoms with Crippen molar-refractivity contribution in [3.63, 3.8) is 0 Å². The Morgan fingerprint density at radius 2 is 0.652 bits per heavy atom. The molecule has 17 nitrogen and oxygen atoms in total. The van der Waals surface area contributed by atoms with Crippen LogP contribution in [-0.2, 0) is 43.1 Å². The van der Waals surface area contributed by atoms with Crippen molar-refractivity contribution < 1.29 is 43.1 Å². The van der Waals surface area contributed by atoms with E-state index in [1.54, 1.807) is 121 Å². The van der Waals surface area contributed by atoms with E-state index in [1.165, 1.54) is 36.5 Å². The third kappa shape index (κ3) is 14.6. The number of amides is 8. The Bertz CT molecular complexity index is 2460. The molecule has 5 rings (SSSR count). The number of carbonyl (C=O) groups is 8. The van der Waals surface area contributed by atoms with Gasteiger partial charge in [-0.25, -0.2) is 0 Å². The van der Waals surface area contributed by atoms with E-state index < -0.39 is 99.6 Å². The third-order valence-corrected chi connectivity index (χ3v) is 11.0. The molecule has 0 atom stereocenters. The van der Waals surface area contributed by atoms with Gasteiger partial charge in [-0.2, -0.15) is 0 Å². The molecule has 17 heteroatoms. The molecule has 0 bridgehead atoms. The van der Waals surface area contributed by atoms with E-state index in [1.807, 2.05) is 6.92 Å². The predicted octanol–water partition coefficient (Wildman–Crippen LogP) is 2.77. The average molecular weight is 937 g/mol. The van der Waals surface area contributed by atoms with E-state index in [0.29, 0.717) is 29.2 Å². The molecule has 0 N–H and O–H groups in total. The summed E-state index contributed by atoms with van der Waals surface area (Å²) in [4.78, 5) is 125. The Morgan fingerprint density at radius 3 is 0.942 bits per heavy atom. The van der Waals surface area contributed by atoms with Crippen molar-refractivity contribution >= 4 is 70.0 Å². The molecule has 0 unspecified atom stereocenters. The van der Waals surface area contributed by atoms with E-state index in [0.717, 1.165) is 9.80 Å². The van der Waals surface area contributed by atoms with Crippen molar-refractivity contribution in [1.29, 1.82) is 0 Å². The largest absolute Gasteiger partial charge is 0.383 e. The minimum atomic E-state index is -0.716. The van der Waals surface area contributed by atoms with Gasteiger partial charge in [0, 0.05) is 42.9 Å². The van der Waals surface area contributed by atoms with Gasteiger partial charge < -0.3 is 43.9 Å². The zero-order valence-corrected chi connectivity index (χ0v) is 38.9. The van der Waals surface area contributed by atoms with Gasteiger partial charge in [0.2, 0.25) is 47.3 Å². The maximum absolute atomic E-state index is 14.6. The maximum Gasteiger partial charge on any atom is 0.247 e. The van der Waals surface area contributed by atoms with Gasteiger partial charge in [0.1, 0.15) is 52.4 Å². The van der Waals surface area contributed by atoms with Crippen LogP contribution in [0, 0.1) is 24.7 Å². The van der Waals surface area contributed by atoms with Gasteiger partial charge >= 0.3 is 0 Å². The highest BCUT2D eigenvalue weighted by molar-refractivity contribution is 6.08. The van der Waals surface area contributed by atoms with Crippen LogP contribution in [-0.4, -0.2) is 159 Å². The fourth-order valence-electron chi connectivity index (χ4n) is 7.40. The van der Waals surface area contributed by atoms with Crippen molar-refractivity contribution in [3.8, 4) is 24.7 Å². The lowest BCUT2D eigenvalue weighted by molar-refractivity contribution is -0.141. The molecule has 69 heavy (non-hydrogen) atoms. The second-order valence-corrected chi connectivity index (χ2v) is 15.8. The SMILES string of the molecule is C#CCN1CC(=O)N(CCC)CC(=O)N(c2ccccc2)CC(=O)N(c2ccccc2)CC(=O)N(CC#C)CC(=O)N(CCOC)CC(=O)N(c2ccccc2)CC(=O)N(c2ccccc2)CC1=O. The summed E-state index contributed by atoms with van der Waals surface area (Å²) >= 11 is 0. The molecule has 358 valence electrons. The molecule has 1 saturated heterocycles. The van der Waals surface area contributed by atoms with Crippen LogP contribution in [0.25, 0.3) is 0 Å². The summed E-state index contributed by atoms with van der Waals surface area (Å²) in [7, 11) is 1.42. The van der Waals surface area contributed by atoms with Crippen molar-refractivity contribution in [3.05, 3.63) is 121 Å². The van der Waals surface area contributed by atoms with Crippen LogP contribution < -0.4 is 19.6 Å². The highest BCUT2D eigenvalue weighted by atomic mass is 16.5. The van der Waals surface area contributed by atoms with Crippen LogP contribution in [0.15, 0.2) is 121 Å². The molecule has 0 aliphatic carbocycles. The smallest absolute Gasteiger partial charge is 0.247 e. The number of para-hydroxylation sites is 4. The zero-order valence-electron chi connectivity index (χ0n) is 38.9. The summed E-state index contributed by atoms with van der Waals surface area (Å²) in [6.45, 7) is -3.50. The van der Waals surface area contributed by atoms with Gasteiger partial charge in [0.15, 0.2) is 0 Å². The minimum absolute atomic E-state index is 0.00391. The van der Waals surface area contributed by atoms with Crippen molar-refractivity contribution in [1.82, 2.24) is 19.6 Å². The number of nitrogens with zero attached hydrogens (tertiary/aromatic N) is 8. The summed E-state index contributed by atoms with van der Waals surface area (Å²) < 4.78 is 5.29. The first-order valence-electron chi connectivity index (χ1n) is 22.3. The second kappa shape index (κ2) is 26.2. The quantitative estimate of drug-likeness (QED) is 0.205. The van der Waals surface area contributed by atoms with Gasteiger partial charge in [0.25, 0.3) is 0 Å². The van der Waals surface area contributed by atoms with Gasteiger partial charge in [-0.3, -0.25) is 38.4 Å². The first-order valence-corrected chi connectivity index (χ1v) is 22.3. The number of rotatable bonds is 11. The second-order valence-electron chi connectivity index (χ2n) is 15.8. The predicted molar refractivity (Wildman–Crippen MR) is 261 cm³/mol. The molecule has 0 aromatic heterocycles. The van der Waals surface area contributed by atoms with E-state index in [2.05, 4.69) is 11.8 Å². The average Bonchev–Trinajstić information content (AvgIpc) is 3.36. The number of ether oxygens (including phenoxy) is 1. The van der Waals surface area contributed by atoms with Crippen molar-refractivity contribution in [2.75, 3.05) is 112 Å². The van der Waals surface area contributed by atoms with Crippen molar-refractivity contribution in [2.24, 2.45) is 0 Å². The van der Waals surface area contributed by atoms with E-state index in [9.17, 15) is 38.4 Å². The number of benzene rings is 4. The van der Waals surface area contributed by atoms with Crippen LogP contribution in [0.1, 0.15) is 13.3 Å². The van der Waals surface area contributed by atoms with Crippen LogP contribution in [0.4, 0.5) is 22.7 Å². The number of hydrogen-bond acceptors (Lipinski definition) is 9. The molecule has 8 amide bonds. The van der Waals surface area contributed by atoms with Gasteiger partial charge in [-0.15, -0.1) is 12.8 Å². The number of terminal acetylenes is 2. The van der Waals surface area contributed by atoms with E-state index in [4.69, 9.17) is 17.6 Å². The van der Waals surface area contributed by atoms with Crippen molar-refractivity contribution in [2.45, 2.75) is 13.3 Å². The molecule has 1 aliphatic rings. The van der Waals surface area contributed by atoms with Gasteiger partial charge in [-0.05, 0) is 55.0 Å². The summed E-state index contributed by atoms with van der Waals surface area (Å²) in [6.07, 6.45) is 11.9. The molecular formula is C52H56N8O9. The maximum atomic E-state index is 14.6. The topological polar surface area (TPSA) is 172 Å². The summed E-state index contributed by atoms with van der Waals surface area (Å²) in [5, 5.41) is 0. The fourth-order valence-corrected chi connectivity index (χ4v) is 7.40. The first kappa shape index (κ1) is 51.7. The lowest BCUT2D eigenvalue weighted by Crippen LogP contribution is -2.54. The molecular weight excluding hydrogens is 881 g/mol. The Labute approximate surface area is 402 Å². The normalized spacial score (nSPS) is 16.2. The minimum Gasteiger partial charge on any atom is -0.383 e. The summed E-state index contributed by atoms with van der Waals surface area (Å²) in [6, 6.07) is 33.2. The molecule has 0 saturated carbocycles. The monoisotopic (exact) mass is 936 g/mol. The Kier molecular flexibility index (Phi) is 19.6. The molecule has 0 radical (unpaired) electrons. The molecule has 4 aromatic rings. The number of carbonyl (C=O) groups excluding carboxylic acids is 8. The molecule has 1 aliphatic heterocycles. The zero-order chi connectivity index (χ0) is 49.7. The van der Waals surface area contributed by atoms with Crippen LogP contribution in [0.2, 0.25) is 0 Å². The van der Waals surface area contributed by atoms with Gasteiger partial charge in [-0.1, -0.05) is 91.6 Å². The summed E-state index contributed by atoms with van der Waals surface area (Å²) in [5.41, 5.74) is 1.24. The molecule has 1 fully saturated rings. The molecule has 4 aromatic carbocycles. The van der Waals surface area contributed by atoms with Crippen LogP contribution in [0.3, 0.4) is 0 Å². The van der Waals surface area contributed by atoms with E-state index in [-0.39, 0.29) is 32.8 Å². The number of hydrogen-bond donors (Lipinski definition) is 0. The Hall–Kier alpha value is -8.28. The van der Waals surface area contributed by atoms with E-state index >= 15 is 0 Å². The van der Waals surface area contributed by atoms with Crippen LogP contribution in [0.5, 0.6) is 0 Å². The molecule has 1 heterocycles. The highest BCUT2D eigenvalue weighted by Gasteiger charge is 2.33. The fraction of sp³-hybridized carbons (Fsp3) is 0.308. The Balaban J connectivity index is 1.62. The van der Waals surface area contributed by atoms with Crippen LogP contribution >= 0.6 is 0 Å². The highest BCUT2D eigenvalue weighted by Crippen LogP contribution is 2.21. The third-order valence-electron chi connectivity index (χ3n) is 11.0. The lowest BCUT2D eigenvalue weighted by Gasteiger charge is -2.33.